The van der Waals surface area contributed by atoms with Gasteiger partial charge in [0.2, 0.25) is 15.9 Å². The number of anilines is 1. The number of sulfonamides is 1. The van der Waals surface area contributed by atoms with Gasteiger partial charge in [0.05, 0.1) is 23.8 Å². The Morgan fingerprint density at radius 2 is 1.65 bits per heavy atom. The van der Waals surface area contributed by atoms with Gasteiger partial charge >= 0.3 is 0 Å². The number of amides is 1. The topological polar surface area (TPSA) is 94.2 Å². The second-order valence-electron chi connectivity index (χ2n) is 7.47. The summed E-state index contributed by atoms with van der Waals surface area (Å²) < 4.78 is 44.1. The van der Waals surface area contributed by atoms with Crippen LogP contribution in [0.4, 0.5) is 5.69 Å². The van der Waals surface area contributed by atoms with Crippen molar-refractivity contribution in [3.8, 4) is 11.5 Å². The van der Waals surface area contributed by atoms with Gasteiger partial charge in [-0.1, -0.05) is 18.2 Å². The number of benzene rings is 2. The van der Waals surface area contributed by atoms with Crippen LogP contribution in [0.1, 0.15) is 12.8 Å². The van der Waals surface area contributed by atoms with E-state index in [0.717, 1.165) is 0 Å². The van der Waals surface area contributed by atoms with E-state index in [2.05, 4.69) is 5.32 Å². The van der Waals surface area contributed by atoms with Crippen LogP contribution in [0.25, 0.3) is 0 Å². The van der Waals surface area contributed by atoms with Gasteiger partial charge < -0.3 is 19.5 Å². The molecule has 0 bridgehead atoms. The van der Waals surface area contributed by atoms with E-state index in [4.69, 9.17) is 14.2 Å². The summed E-state index contributed by atoms with van der Waals surface area (Å²) in [4.78, 5) is 12.9. The zero-order valence-corrected chi connectivity index (χ0v) is 18.0. The van der Waals surface area contributed by atoms with Gasteiger partial charge in [-0.25, -0.2) is 8.42 Å². The summed E-state index contributed by atoms with van der Waals surface area (Å²) in [7, 11) is -3.71. The third kappa shape index (κ3) is 5.24. The van der Waals surface area contributed by atoms with Crippen molar-refractivity contribution in [3.63, 3.8) is 0 Å². The lowest BCUT2D eigenvalue weighted by Crippen LogP contribution is -2.40. The van der Waals surface area contributed by atoms with Gasteiger partial charge in [-0.05, 0) is 43.2 Å². The van der Waals surface area contributed by atoms with Gasteiger partial charge in [0.15, 0.2) is 5.75 Å². The quantitative estimate of drug-likeness (QED) is 0.733. The number of carbonyl (C=O) groups is 1. The number of nitrogens with one attached hydrogen (secondary N) is 1. The monoisotopic (exact) mass is 446 g/mol. The highest BCUT2D eigenvalue weighted by Gasteiger charge is 2.28. The summed E-state index contributed by atoms with van der Waals surface area (Å²) in [5.41, 5.74) is 0.328. The van der Waals surface area contributed by atoms with Crippen molar-refractivity contribution in [2.75, 3.05) is 44.8 Å². The predicted octanol–water partition coefficient (Wildman–Crippen LogP) is 2.86. The molecule has 31 heavy (non-hydrogen) atoms. The second-order valence-corrected chi connectivity index (χ2v) is 9.40. The SMILES string of the molecule is O=C(Nc1cc(S(=O)(=O)N2CCOCC2)ccc1Oc1ccccc1)C1CCOCC1. The smallest absolute Gasteiger partial charge is 0.243 e. The molecule has 0 radical (unpaired) electrons. The van der Waals surface area contributed by atoms with Crippen LogP contribution >= 0.6 is 0 Å². The molecule has 8 nitrogen and oxygen atoms in total. The molecule has 0 aromatic heterocycles. The molecule has 166 valence electrons. The van der Waals surface area contributed by atoms with Crippen molar-refractivity contribution in [1.82, 2.24) is 4.31 Å². The Morgan fingerprint density at radius 1 is 0.968 bits per heavy atom. The van der Waals surface area contributed by atoms with Gasteiger partial charge in [0.1, 0.15) is 5.75 Å². The molecule has 9 heteroatoms. The first-order chi connectivity index (χ1) is 15.0. The molecule has 0 atom stereocenters. The van der Waals surface area contributed by atoms with Gasteiger partial charge in [0.25, 0.3) is 0 Å². The lowest BCUT2D eigenvalue weighted by Gasteiger charge is -2.26. The summed E-state index contributed by atoms with van der Waals surface area (Å²) in [6.45, 7) is 2.40. The van der Waals surface area contributed by atoms with Crippen LogP contribution in [-0.2, 0) is 24.3 Å². The molecule has 1 amide bonds. The summed E-state index contributed by atoms with van der Waals surface area (Å²) in [5.74, 6) is 0.625. The van der Waals surface area contributed by atoms with Crippen LogP contribution in [0.5, 0.6) is 11.5 Å². The molecule has 0 unspecified atom stereocenters. The molecule has 2 aromatic rings. The highest BCUT2D eigenvalue weighted by molar-refractivity contribution is 7.89. The first-order valence-corrected chi connectivity index (χ1v) is 11.8. The van der Waals surface area contributed by atoms with Crippen molar-refractivity contribution < 1.29 is 27.4 Å². The molecule has 4 rings (SSSR count). The van der Waals surface area contributed by atoms with Gasteiger partial charge in [-0.2, -0.15) is 4.31 Å². The molecule has 2 heterocycles. The van der Waals surface area contributed by atoms with Gasteiger partial charge in [-0.15, -0.1) is 0 Å². The number of morpholine rings is 1. The van der Waals surface area contributed by atoms with Crippen LogP contribution in [0.15, 0.2) is 53.4 Å². The minimum absolute atomic E-state index is 0.108. The van der Waals surface area contributed by atoms with Crippen molar-refractivity contribution >= 4 is 21.6 Å². The Hall–Kier alpha value is -2.46. The summed E-state index contributed by atoms with van der Waals surface area (Å²) in [6, 6.07) is 13.7. The van der Waals surface area contributed by atoms with E-state index in [1.54, 1.807) is 18.2 Å². The number of hydrogen-bond acceptors (Lipinski definition) is 6. The largest absolute Gasteiger partial charge is 0.455 e. The summed E-state index contributed by atoms with van der Waals surface area (Å²) in [5, 5.41) is 2.89. The number of para-hydroxylation sites is 1. The maximum Gasteiger partial charge on any atom is 0.243 e. The van der Waals surface area contributed by atoms with E-state index < -0.39 is 10.0 Å². The Labute approximate surface area is 182 Å². The maximum atomic E-state index is 13.1. The number of rotatable bonds is 6. The molecular formula is C22H26N2O6S. The Balaban J connectivity index is 1.63. The molecular weight excluding hydrogens is 420 g/mol. The molecule has 2 saturated heterocycles. The van der Waals surface area contributed by atoms with Gasteiger partial charge in [0, 0.05) is 32.2 Å². The lowest BCUT2D eigenvalue weighted by molar-refractivity contribution is -0.122. The first kappa shape index (κ1) is 21.8. The fraction of sp³-hybridized carbons (Fsp3) is 0.409. The molecule has 1 N–H and O–H groups in total. The van der Waals surface area contributed by atoms with E-state index in [0.29, 0.717) is 69.5 Å². The first-order valence-electron chi connectivity index (χ1n) is 10.4. The Kier molecular flexibility index (Phi) is 6.86. The number of hydrogen-bond donors (Lipinski definition) is 1. The van der Waals surface area contributed by atoms with Crippen LogP contribution in [0.2, 0.25) is 0 Å². The van der Waals surface area contributed by atoms with E-state index in [9.17, 15) is 13.2 Å². The van der Waals surface area contributed by atoms with Crippen molar-refractivity contribution in [2.45, 2.75) is 17.7 Å². The van der Waals surface area contributed by atoms with Gasteiger partial charge in [-0.3, -0.25) is 4.79 Å². The number of ether oxygens (including phenoxy) is 3. The zero-order chi connectivity index (χ0) is 21.7. The predicted molar refractivity (Wildman–Crippen MR) is 115 cm³/mol. The second kappa shape index (κ2) is 9.78. The highest BCUT2D eigenvalue weighted by atomic mass is 32.2. The Bertz CT molecular complexity index is 1000. The van der Waals surface area contributed by atoms with E-state index >= 15 is 0 Å². The minimum Gasteiger partial charge on any atom is -0.455 e. The summed E-state index contributed by atoms with van der Waals surface area (Å²) in [6.07, 6.45) is 1.26. The summed E-state index contributed by atoms with van der Waals surface area (Å²) >= 11 is 0. The van der Waals surface area contributed by atoms with Crippen molar-refractivity contribution in [3.05, 3.63) is 48.5 Å². The molecule has 0 saturated carbocycles. The van der Waals surface area contributed by atoms with Crippen LogP contribution in [0.3, 0.4) is 0 Å². The van der Waals surface area contributed by atoms with Crippen LogP contribution < -0.4 is 10.1 Å². The molecule has 0 spiro atoms. The van der Waals surface area contributed by atoms with Crippen molar-refractivity contribution in [1.29, 1.82) is 0 Å². The van der Waals surface area contributed by atoms with E-state index in [-0.39, 0.29) is 16.7 Å². The average molecular weight is 447 g/mol. The molecule has 2 aliphatic rings. The fourth-order valence-corrected chi connectivity index (χ4v) is 5.04. The van der Waals surface area contributed by atoms with Crippen molar-refractivity contribution in [2.24, 2.45) is 5.92 Å². The average Bonchev–Trinajstić information content (AvgIpc) is 2.82. The normalized spacial score (nSPS) is 18.5. The third-order valence-corrected chi connectivity index (χ3v) is 7.27. The molecule has 2 aliphatic heterocycles. The number of nitrogens with zero attached hydrogens (tertiary/aromatic N) is 1. The molecule has 2 aromatic carbocycles. The molecule has 2 fully saturated rings. The standard InChI is InChI=1S/C22H26N2O6S/c25-22(17-8-12-28-13-9-17)23-20-16-19(31(26,27)24-10-14-29-15-11-24)6-7-21(20)30-18-4-2-1-3-5-18/h1-7,16-17H,8-15H2,(H,23,25). The van der Waals surface area contributed by atoms with E-state index in [1.807, 2.05) is 18.2 Å². The minimum atomic E-state index is -3.71. The lowest BCUT2D eigenvalue weighted by atomic mass is 9.99. The highest BCUT2D eigenvalue weighted by Crippen LogP contribution is 2.33. The fourth-order valence-electron chi connectivity index (χ4n) is 3.60. The zero-order valence-electron chi connectivity index (χ0n) is 17.2. The Morgan fingerprint density at radius 3 is 2.35 bits per heavy atom. The maximum absolute atomic E-state index is 13.1. The van der Waals surface area contributed by atoms with Crippen LogP contribution in [0, 0.1) is 5.92 Å². The van der Waals surface area contributed by atoms with E-state index in [1.165, 1.54) is 16.4 Å². The molecule has 0 aliphatic carbocycles. The third-order valence-electron chi connectivity index (χ3n) is 5.38. The number of carbonyl (C=O) groups excluding carboxylic acids is 1. The van der Waals surface area contributed by atoms with Crippen LogP contribution in [-0.4, -0.2) is 58.1 Å².